The molecule has 1 atom stereocenters. The Morgan fingerprint density at radius 2 is 2.00 bits per heavy atom. The second kappa shape index (κ2) is 5.77. The third kappa shape index (κ3) is 2.50. The number of nitrogens with zero attached hydrogens (tertiary/aromatic N) is 3. The molecule has 3 heterocycles. The summed E-state index contributed by atoms with van der Waals surface area (Å²) >= 11 is 0. The van der Waals surface area contributed by atoms with Crippen LogP contribution in [0.3, 0.4) is 0 Å². The molecule has 4 rings (SSSR count). The number of hydrogen-bond acceptors (Lipinski definition) is 3. The summed E-state index contributed by atoms with van der Waals surface area (Å²) in [6.07, 6.45) is 9.24. The molecule has 1 unspecified atom stereocenters. The van der Waals surface area contributed by atoms with Crippen LogP contribution >= 0.6 is 0 Å². The lowest BCUT2D eigenvalue weighted by atomic mass is 9.77. The van der Waals surface area contributed by atoms with Crippen molar-refractivity contribution in [2.45, 2.75) is 51.0 Å². The highest BCUT2D eigenvalue weighted by molar-refractivity contribution is 5.85. The van der Waals surface area contributed by atoms with Crippen molar-refractivity contribution in [3.8, 4) is 0 Å². The summed E-state index contributed by atoms with van der Waals surface area (Å²) in [5.74, 6) is 0.421. The first-order chi connectivity index (χ1) is 11.2. The second-order valence-corrected chi connectivity index (χ2v) is 7.30. The Hall–Kier alpha value is -1.65. The van der Waals surface area contributed by atoms with Crippen molar-refractivity contribution >= 4 is 11.7 Å². The lowest BCUT2D eigenvalue weighted by molar-refractivity contribution is -0.147. The van der Waals surface area contributed by atoms with Crippen LogP contribution in [0.25, 0.3) is 0 Å². The Kier molecular flexibility index (Phi) is 3.74. The van der Waals surface area contributed by atoms with Crippen LogP contribution in [0.5, 0.6) is 0 Å². The zero-order valence-electron chi connectivity index (χ0n) is 13.5. The molecule has 23 heavy (non-hydrogen) atoms. The van der Waals surface area contributed by atoms with Crippen molar-refractivity contribution < 1.29 is 9.18 Å². The van der Waals surface area contributed by atoms with E-state index < -0.39 is 0 Å². The minimum Gasteiger partial charge on any atom is -0.353 e. The van der Waals surface area contributed by atoms with Crippen molar-refractivity contribution in [2.24, 2.45) is 5.41 Å². The summed E-state index contributed by atoms with van der Waals surface area (Å²) in [5, 5.41) is 0. The van der Waals surface area contributed by atoms with Crippen molar-refractivity contribution in [1.29, 1.82) is 0 Å². The molecule has 124 valence electrons. The summed E-state index contributed by atoms with van der Waals surface area (Å²) in [4.78, 5) is 21.5. The summed E-state index contributed by atoms with van der Waals surface area (Å²) in [6, 6.07) is 3.50. The van der Waals surface area contributed by atoms with E-state index in [0.29, 0.717) is 24.3 Å². The fourth-order valence-electron chi connectivity index (χ4n) is 4.71. The lowest BCUT2D eigenvalue weighted by Gasteiger charge is -2.42. The van der Waals surface area contributed by atoms with Gasteiger partial charge in [-0.1, -0.05) is 12.8 Å². The largest absolute Gasteiger partial charge is 0.353 e. The monoisotopic (exact) mass is 317 g/mol. The predicted octanol–water partition coefficient (Wildman–Crippen LogP) is 2.98. The Morgan fingerprint density at radius 3 is 2.78 bits per heavy atom. The molecule has 1 aliphatic carbocycles. The first-order valence-corrected chi connectivity index (χ1v) is 8.86. The molecule has 2 aliphatic heterocycles. The summed E-state index contributed by atoms with van der Waals surface area (Å²) in [5.41, 5.74) is -0.315. The molecule has 3 aliphatic rings. The van der Waals surface area contributed by atoms with Crippen molar-refractivity contribution in [3.63, 3.8) is 0 Å². The summed E-state index contributed by atoms with van der Waals surface area (Å²) in [7, 11) is 0. The number of piperidine rings is 1. The number of aromatic nitrogens is 1. The Bertz CT molecular complexity index is 602. The van der Waals surface area contributed by atoms with E-state index in [1.165, 1.54) is 18.9 Å². The molecule has 1 spiro atoms. The smallest absolute Gasteiger partial charge is 0.230 e. The van der Waals surface area contributed by atoms with Gasteiger partial charge >= 0.3 is 0 Å². The molecule has 5 heteroatoms. The number of pyridine rings is 1. The molecule has 1 saturated carbocycles. The van der Waals surface area contributed by atoms with Crippen LogP contribution in [-0.2, 0) is 4.79 Å². The molecule has 0 N–H and O–H groups in total. The number of carbonyl (C=O) groups excluding carboxylic acids is 1. The third-order valence-electron chi connectivity index (χ3n) is 5.93. The molecule has 1 amide bonds. The van der Waals surface area contributed by atoms with Gasteiger partial charge < -0.3 is 9.80 Å². The van der Waals surface area contributed by atoms with E-state index in [0.717, 1.165) is 45.2 Å². The van der Waals surface area contributed by atoms with Gasteiger partial charge in [-0.25, -0.2) is 9.37 Å². The Labute approximate surface area is 136 Å². The van der Waals surface area contributed by atoms with E-state index in [1.807, 2.05) is 4.90 Å². The van der Waals surface area contributed by atoms with E-state index in [1.54, 1.807) is 12.3 Å². The first-order valence-electron chi connectivity index (χ1n) is 8.86. The van der Waals surface area contributed by atoms with Gasteiger partial charge in [-0.15, -0.1) is 0 Å². The SMILES string of the molecule is O=C1N(C2CCCC2)CCCC12CCN(c1ncccc1F)C2. The average Bonchev–Trinajstić information content (AvgIpc) is 3.22. The highest BCUT2D eigenvalue weighted by Crippen LogP contribution is 2.43. The third-order valence-corrected chi connectivity index (χ3v) is 5.93. The standard InChI is InChI=1S/C18H24FN3O/c19-15-7-3-10-20-16(15)21-12-9-18(13-21)8-4-11-22(17(18)23)14-5-1-2-6-14/h3,7,10,14H,1-2,4-6,8-9,11-13H2. The van der Waals surface area contributed by atoms with Crippen molar-refractivity contribution in [3.05, 3.63) is 24.1 Å². The maximum absolute atomic E-state index is 14.0. The van der Waals surface area contributed by atoms with Gasteiger partial charge in [-0.2, -0.15) is 0 Å². The van der Waals surface area contributed by atoms with Crippen LogP contribution in [0.1, 0.15) is 44.9 Å². The fraction of sp³-hybridized carbons (Fsp3) is 0.667. The zero-order chi connectivity index (χ0) is 15.9. The minimum absolute atomic E-state index is 0.291. The molecular formula is C18H24FN3O. The van der Waals surface area contributed by atoms with E-state index in [-0.39, 0.29) is 11.2 Å². The van der Waals surface area contributed by atoms with Gasteiger partial charge in [-0.3, -0.25) is 4.79 Å². The number of rotatable bonds is 2. The fourth-order valence-corrected chi connectivity index (χ4v) is 4.71. The minimum atomic E-state index is -0.315. The predicted molar refractivity (Wildman–Crippen MR) is 86.7 cm³/mol. The Balaban J connectivity index is 1.54. The summed E-state index contributed by atoms with van der Waals surface area (Å²) < 4.78 is 14.0. The van der Waals surface area contributed by atoms with Gasteiger partial charge in [0.1, 0.15) is 0 Å². The van der Waals surface area contributed by atoms with Crippen LogP contribution in [-0.4, -0.2) is 41.5 Å². The van der Waals surface area contributed by atoms with Crippen LogP contribution in [0.2, 0.25) is 0 Å². The number of halogens is 1. The highest BCUT2D eigenvalue weighted by Gasteiger charge is 2.50. The van der Waals surface area contributed by atoms with Crippen molar-refractivity contribution in [2.75, 3.05) is 24.5 Å². The zero-order valence-corrected chi connectivity index (χ0v) is 13.5. The molecule has 0 bridgehead atoms. The summed E-state index contributed by atoms with van der Waals surface area (Å²) in [6.45, 7) is 2.24. The van der Waals surface area contributed by atoms with Crippen LogP contribution in [0.15, 0.2) is 18.3 Å². The van der Waals surface area contributed by atoms with Crippen molar-refractivity contribution in [1.82, 2.24) is 9.88 Å². The molecule has 4 nitrogen and oxygen atoms in total. The molecule has 1 aromatic heterocycles. The number of amides is 1. The quantitative estimate of drug-likeness (QED) is 0.841. The lowest BCUT2D eigenvalue weighted by Crippen LogP contribution is -2.53. The topological polar surface area (TPSA) is 36.4 Å². The number of carbonyl (C=O) groups is 1. The van der Waals surface area contributed by atoms with Gasteiger partial charge in [0.25, 0.3) is 0 Å². The van der Waals surface area contributed by atoms with Gasteiger partial charge in [0.05, 0.1) is 5.41 Å². The van der Waals surface area contributed by atoms with E-state index in [4.69, 9.17) is 0 Å². The molecule has 0 aromatic carbocycles. The number of likely N-dealkylation sites (tertiary alicyclic amines) is 1. The maximum Gasteiger partial charge on any atom is 0.230 e. The molecule has 2 saturated heterocycles. The van der Waals surface area contributed by atoms with Gasteiger partial charge in [0.2, 0.25) is 5.91 Å². The van der Waals surface area contributed by atoms with Gasteiger partial charge in [-0.05, 0) is 44.2 Å². The molecule has 0 radical (unpaired) electrons. The number of hydrogen-bond donors (Lipinski definition) is 0. The normalized spacial score (nSPS) is 29.0. The van der Waals surface area contributed by atoms with E-state index in [9.17, 15) is 9.18 Å². The number of anilines is 1. The molecular weight excluding hydrogens is 293 g/mol. The van der Waals surface area contributed by atoms with Gasteiger partial charge in [0.15, 0.2) is 11.6 Å². The van der Waals surface area contributed by atoms with Crippen LogP contribution < -0.4 is 4.90 Å². The van der Waals surface area contributed by atoms with Crippen LogP contribution in [0, 0.1) is 11.2 Å². The van der Waals surface area contributed by atoms with E-state index in [2.05, 4.69) is 9.88 Å². The second-order valence-electron chi connectivity index (χ2n) is 7.30. The molecule has 3 fully saturated rings. The maximum atomic E-state index is 14.0. The Morgan fingerprint density at radius 1 is 1.17 bits per heavy atom. The first kappa shape index (κ1) is 14.9. The van der Waals surface area contributed by atoms with E-state index >= 15 is 0 Å². The van der Waals surface area contributed by atoms with Gasteiger partial charge in [0, 0.05) is 31.9 Å². The molecule has 1 aromatic rings. The average molecular weight is 317 g/mol. The highest BCUT2D eigenvalue weighted by atomic mass is 19.1. The van der Waals surface area contributed by atoms with Crippen LogP contribution in [0.4, 0.5) is 10.2 Å².